The van der Waals surface area contributed by atoms with Crippen LogP contribution in [0.4, 0.5) is 0 Å². The normalized spacial score (nSPS) is 15.1. The van der Waals surface area contributed by atoms with Gasteiger partial charge in [-0.25, -0.2) is 0 Å². The zero-order valence-electron chi connectivity index (χ0n) is 10.7. The number of aryl methyl sites for hydroxylation is 1. The molecule has 0 saturated heterocycles. The molecule has 1 aromatic heterocycles. The van der Waals surface area contributed by atoms with Gasteiger partial charge in [-0.15, -0.1) is 0 Å². The zero-order valence-corrected chi connectivity index (χ0v) is 12.3. The first kappa shape index (κ1) is 12.7. The van der Waals surface area contributed by atoms with E-state index in [4.69, 9.17) is 0 Å². The molecule has 19 heavy (non-hydrogen) atoms. The molecular formula is C16H16BrNO. The van der Waals surface area contributed by atoms with E-state index in [1.54, 1.807) is 0 Å². The number of ketones is 1. The summed E-state index contributed by atoms with van der Waals surface area (Å²) in [6.45, 7) is 0.807. The topological polar surface area (TPSA) is 22.0 Å². The van der Waals surface area contributed by atoms with Crippen molar-refractivity contribution >= 4 is 21.7 Å². The van der Waals surface area contributed by atoms with Crippen LogP contribution in [0, 0.1) is 0 Å². The summed E-state index contributed by atoms with van der Waals surface area (Å²) >= 11 is 3.57. The molecule has 1 aromatic carbocycles. The molecule has 0 N–H and O–H groups in total. The lowest BCUT2D eigenvalue weighted by atomic mass is 10.1. The van der Waals surface area contributed by atoms with Gasteiger partial charge in [0.05, 0.1) is 0 Å². The van der Waals surface area contributed by atoms with Gasteiger partial charge in [0.25, 0.3) is 0 Å². The summed E-state index contributed by atoms with van der Waals surface area (Å²) in [7, 11) is 0. The van der Waals surface area contributed by atoms with Crippen molar-refractivity contribution < 1.29 is 4.79 Å². The maximum atomic E-state index is 12.0. The van der Waals surface area contributed by atoms with E-state index in [1.165, 1.54) is 11.1 Å². The quantitative estimate of drug-likeness (QED) is 0.760. The van der Waals surface area contributed by atoms with Crippen molar-refractivity contribution in [3.8, 4) is 0 Å². The summed E-state index contributed by atoms with van der Waals surface area (Å²) in [6.07, 6.45) is 8.03. The monoisotopic (exact) mass is 317 g/mol. The number of hydrogen-bond donors (Lipinski definition) is 0. The first-order valence-corrected chi connectivity index (χ1v) is 7.48. The SMILES string of the molecule is O=C1CCCCc2cn(Cc3ccccc3Br)cc21. The Balaban J connectivity index is 1.89. The second-order valence-corrected chi connectivity index (χ2v) is 5.95. The average molecular weight is 318 g/mol. The van der Waals surface area contributed by atoms with E-state index in [9.17, 15) is 4.79 Å². The average Bonchev–Trinajstić information content (AvgIpc) is 2.73. The lowest BCUT2D eigenvalue weighted by Gasteiger charge is -2.05. The fourth-order valence-corrected chi connectivity index (χ4v) is 3.07. The maximum Gasteiger partial charge on any atom is 0.164 e. The highest BCUT2D eigenvalue weighted by molar-refractivity contribution is 9.10. The fraction of sp³-hybridized carbons (Fsp3) is 0.312. The van der Waals surface area contributed by atoms with E-state index in [0.717, 1.165) is 35.8 Å². The van der Waals surface area contributed by atoms with Crippen LogP contribution in [0.15, 0.2) is 41.1 Å². The van der Waals surface area contributed by atoms with Crippen LogP contribution in [-0.2, 0) is 13.0 Å². The van der Waals surface area contributed by atoms with Crippen LogP contribution in [0.25, 0.3) is 0 Å². The number of rotatable bonds is 2. The number of Topliss-reactive ketones (excluding diaryl/α,β-unsaturated/α-hetero) is 1. The molecule has 3 rings (SSSR count). The van der Waals surface area contributed by atoms with Gasteiger partial charge in [-0.2, -0.15) is 0 Å². The first-order chi connectivity index (χ1) is 9.24. The minimum Gasteiger partial charge on any atom is -0.349 e. The van der Waals surface area contributed by atoms with Gasteiger partial charge in [0.2, 0.25) is 0 Å². The van der Waals surface area contributed by atoms with E-state index in [0.29, 0.717) is 12.2 Å². The molecule has 0 saturated carbocycles. The molecule has 1 heterocycles. The minimum absolute atomic E-state index is 0.304. The van der Waals surface area contributed by atoms with Gasteiger partial charge in [0.15, 0.2) is 5.78 Å². The van der Waals surface area contributed by atoms with E-state index < -0.39 is 0 Å². The van der Waals surface area contributed by atoms with Crippen LogP contribution < -0.4 is 0 Å². The summed E-state index contributed by atoms with van der Waals surface area (Å²) in [6, 6.07) is 8.22. The second-order valence-electron chi connectivity index (χ2n) is 5.09. The highest BCUT2D eigenvalue weighted by Crippen LogP contribution is 2.23. The fourth-order valence-electron chi connectivity index (χ4n) is 2.66. The third kappa shape index (κ3) is 2.66. The van der Waals surface area contributed by atoms with Gasteiger partial charge in [-0.3, -0.25) is 4.79 Å². The van der Waals surface area contributed by atoms with Crippen molar-refractivity contribution in [1.29, 1.82) is 0 Å². The predicted octanol–water partition coefficient (Wildman–Crippen LogP) is 4.21. The molecule has 1 aliphatic rings. The Labute approximate surface area is 121 Å². The van der Waals surface area contributed by atoms with Crippen molar-refractivity contribution in [2.45, 2.75) is 32.2 Å². The largest absolute Gasteiger partial charge is 0.349 e. The molecule has 0 radical (unpaired) electrons. The highest BCUT2D eigenvalue weighted by Gasteiger charge is 2.17. The summed E-state index contributed by atoms with van der Waals surface area (Å²) in [5, 5.41) is 0. The van der Waals surface area contributed by atoms with Crippen molar-refractivity contribution in [2.75, 3.05) is 0 Å². The van der Waals surface area contributed by atoms with Crippen LogP contribution in [0.1, 0.15) is 40.7 Å². The summed E-state index contributed by atoms with van der Waals surface area (Å²) in [4.78, 5) is 12.0. The number of carbonyl (C=O) groups is 1. The van der Waals surface area contributed by atoms with Gasteiger partial charge < -0.3 is 4.57 Å². The molecule has 1 aliphatic carbocycles. The number of benzene rings is 1. The molecule has 0 spiro atoms. The maximum absolute atomic E-state index is 12.0. The third-order valence-corrected chi connectivity index (χ3v) is 4.45. The number of halogens is 1. The Kier molecular flexibility index (Phi) is 3.56. The van der Waals surface area contributed by atoms with Crippen LogP contribution >= 0.6 is 15.9 Å². The van der Waals surface area contributed by atoms with Crippen molar-refractivity contribution in [2.24, 2.45) is 0 Å². The van der Waals surface area contributed by atoms with Crippen LogP contribution in [0.5, 0.6) is 0 Å². The van der Waals surface area contributed by atoms with Crippen molar-refractivity contribution in [3.63, 3.8) is 0 Å². The molecule has 0 atom stereocenters. The molecule has 2 aromatic rings. The van der Waals surface area contributed by atoms with Crippen LogP contribution in [-0.4, -0.2) is 10.4 Å². The van der Waals surface area contributed by atoms with Gasteiger partial charge in [-0.1, -0.05) is 34.1 Å². The molecule has 3 heteroatoms. The van der Waals surface area contributed by atoms with Gasteiger partial charge in [0.1, 0.15) is 0 Å². The standard InChI is InChI=1S/C16H16BrNO/c17-15-7-3-1-6-13(15)10-18-9-12-5-2-4-8-16(19)14(12)11-18/h1,3,6-7,9,11H,2,4-5,8,10H2. The van der Waals surface area contributed by atoms with Crippen LogP contribution in [0.3, 0.4) is 0 Å². The predicted molar refractivity (Wildman–Crippen MR) is 79.6 cm³/mol. The number of carbonyl (C=O) groups excluding carboxylic acids is 1. The molecule has 0 fully saturated rings. The second kappa shape index (κ2) is 5.33. The van der Waals surface area contributed by atoms with E-state index in [-0.39, 0.29) is 0 Å². The van der Waals surface area contributed by atoms with Crippen molar-refractivity contribution in [1.82, 2.24) is 4.57 Å². The Bertz CT molecular complexity index is 615. The van der Waals surface area contributed by atoms with Gasteiger partial charge in [0, 0.05) is 35.4 Å². The van der Waals surface area contributed by atoms with Crippen LogP contribution in [0.2, 0.25) is 0 Å². The third-order valence-electron chi connectivity index (χ3n) is 3.67. The zero-order chi connectivity index (χ0) is 13.2. The molecular weight excluding hydrogens is 302 g/mol. The lowest BCUT2D eigenvalue weighted by Crippen LogP contribution is -1.99. The number of aromatic nitrogens is 1. The Morgan fingerprint density at radius 3 is 2.74 bits per heavy atom. The molecule has 2 nitrogen and oxygen atoms in total. The highest BCUT2D eigenvalue weighted by atomic mass is 79.9. The molecule has 0 unspecified atom stereocenters. The molecule has 98 valence electrons. The summed E-state index contributed by atoms with van der Waals surface area (Å²) in [5.41, 5.74) is 3.39. The number of hydrogen-bond acceptors (Lipinski definition) is 1. The van der Waals surface area contributed by atoms with Crippen molar-refractivity contribution in [3.05, 3.63) is 57.8 Å². The number of fused-ring (bicyclic) bond motifs is 1. The Morgan fingerprint density at radius 1 is 1.11 bits per heavy atom. The summed E-state index contributed by atoms with van der Waals surface area (Å²) in [5.74, 6) is 0.304. The molecule has 0 amide bonds. The number of nitrogens with zero attached hydrogens (tertiary/aromatic N) is 1. The summed E-state index contributed by atoms with van der Waals surface area (Å²) < 4.78 is 3.25. The van der Waals surface area contributed by atoms with E-state index in [2.05, 4.69) is 38.8 Å². The molecule has 0 aliphatic heterocycles. The van der Waals surface area contributed by atoms with Gasteiger partial charge >= 0.3 is 0 Å². The van der Waals surface area contributed by atoms with E-state index >= 15 is 0 Å². The first-order valence-electron chi connectivity index (χ1n) is 6.69. The van der Waals surface area contributed by atoms with Gasteiger partial charge in [-0.05, 0) is 36.5 Å². The Hall–Kier alpha value is -1.35. The lowest BCUT2D eigenvalue weighted by molar-refractivity contribution is 0.0982. The minimum atomic E-state index is 0.304. The molecule has 0 bridgehead atoms. The van der Waals surface area contributed by atoms with E-state index in [1.807, 2.05) is 18.3 Å². The Morgan fingerprint density at radius 2 is 1.89 bits per heavy atom. The smallest absolute Gasteiger partial charge is 0.164 e.